The van der Waals surface area contributed by atoms with E-state index in [1.165, 1.54) is 18.2 Å². The van der Waals surface area contributed by atoms with Crippen molar-refractivity contribution >= 4 is 11.6 Å². The van der Waals surface area contributed by atoms with Crippen LogP contribution in [0.2, 0.25) is 0 Å². The lowest BCUT2D eigenvalue weighted by Gasteiger charge is -2.09. The van der Waals surface area contributed by atoms with Gasteiger partial charge in [-0.05, 0) is 43.3 Å². The fraction of sp³-hybridized carbons (Fsp3) is 0.176. The van der Waals surface area contributed by atoms with Crippen molar-refractivity contribution in [1.82, 2.24) is 5.43 Å². The molecule has 0 heterocycles. The molecular formula is C17H17FN2O3. The van der Waals surface area contributed by atoms with E-state index in [4.69, 9.17) is 9.47 Å². The summed E-state index contributed by atoms with van der Waals surface area (Å²) in [7, 11) is 3.09. The van der Waals surface area contributed by atoms with Gasteiger partial charge in [-0.25, -0.2) is 9.82 Å². The Morgan fingerprint density at radius 3 is 2.43 bits per heavy atom. The molecule has 2 aromatic rings. The van der Waals surface area contributed by atoms with Crippen LogP contribution in [0, 0.1) is 5.82 Å². The van der Waals surface area contributed by atoms with E-state index in [-0.39, 0.29) is 5.56 Å². The van der Waals surface area contributed by atoms with Crippen molar-refractivity contribution in [2.75, 3.05) is 14.2 Å². The summed E-state index contributed by atoms with van der Waals surface area (Å²) in [5, 5.41) is 4.03. The van der Waals surface area contributed by atoms with Gasteiger partial charge < -0.3 is 9.47 Å². The summed E-state index contributed by atoms with van der Waals surface area (Å²) in [6.45, 7) is 1.74. The van der Waals surface area contributed by atoms with Gasteiger partial charge in [0.25, 0.3) is 5.91 Å². The number of nitrogens with one attached hydrogen (secondary N) is 1. The Balaban J connectivity index is 2.15. The minimum absolute atomic E-state index is 0.203. The number of ether oxygens (including phenoxy) is 2. The molecule has 1 amide bonds. The number of amides is 1. The van der Waals surface area contributed by atoms with Crippen LogP contribution in [-0.2, 0) is 0 Å². The van der Waals surface area contributed by atoms with Crippen molar-refractivity contribution < 1.29 is 18.7 Å². The van der Waals surface area contributed by atoms with Crippen molar-refractivity contribution in [3.8, 4) is 11.5 Å². The number of halogens is 1. The monoisotopic (exact) mass is 316 g/mol. The molecule has 0 bridgehead atoms. The minimum Gasteiger partial charge on any atom is -0.493 e. The van der Waals surface area contributed by atoms with Gasteiger partial charge in [-0.15, -0.1) is 0 Å². The Morgan fingerprint density at radius 2 is 1.78 bits per heavy atom. The highest BCUT2D eigenvalue weighted by atomic mass is 19.1. The lowest BCUT2D eigenvalue weighted by atomic mass is 10.1. The number of hydrogen-bond acceptors (Lipinski definition) is 4. The number of benzene rings is 2. The number of carbonyl (C=O) groups excluding carboxylic acids is 1. The first kappa shape index (κ1) is 16.5. The van der Waals surface area contributed by atoms with E-state index in [0.29, 0.717) is 17.2 Å². The van der Waals surface area contributed by atoms with E-state index < -0.39 is 11.7 Å². The Morgan fingerprint density at radius 1 is 1.04 bits per heavy atom. The molecule has 0 aliphatic heterocycles. The lowest BCUT2D eigenvalue weighted by Crippen LogP contribution is -2.19. The van der Waals surface area contributed by atoms with Gasteiger partial charge in [0, 0.05) is 11.1 Å². The molecule has 0 aromatic heterocycles. The number of rotatable bonds is 5. The van der Waals surface area contributed by atoms with Crippen LogP contribution in [0.1, 0.15) is 22.8 Å². The number of hydrazone groups is 1. The molecule has 0 aliphatic rings. The topological polar surface area (TPSA) is 59.9 Å². The number of carbonyl (C=O) groups is 1. The van der Waals surface area contributed by atoms with Crippen molar-refractivity contribution in [1.29, 1.82) is 0 Å². The molecule has 0 fully saturated rings. The quantitative estimate of drug-likeness (QED) is 0.681. The van der Waals surface area contributed by atoms with Crippen LogP contribution in [0.3, 0.4) is 0 Å². The highest BCUT2D eigenvalue weighted by Gasteiger charge is 2.08. The zero-order valence-electron chi connectivity index (χ0n) is 13.1. The van der Waals surface area contributed by atoms with Crippen molar-refractivity contribution in [3.63, 3.8) is 0 Å². The van der Waals surface area contributed by atoms with Gasteiger partial charge in [0.2, 0.25) is 0 Å². The standard InChI is InChI=1S/C17H17FN2O3/c1-11(12-7-8-15(22-2)16(10-12)23-3)19-20-17(21)13-5-4-6-14(18)9-13/h4-10H,1-3H3,(H,20,21)/b19-11+. The predicted molar refractivity (Wildman–Crippen MR) is 85.6 cm³/mol. The molecule has 2 rings (SSSR count). The fourth-order valence-electron chi connectivity index (χ4n) is 1.95. The van der Waals surface area contributed by atoms with E-state index in [0.717, 1.165) is 11.6 Å². The molecule has 0 spiro atoms. The van der Waals surface area contributed by atoms with Crippen molar-refractivity contribution in [2.24, 2.45) is 5.10 Å². The molecule has 120 valence electrons. The highest BCUT2D eigenvalue weighted by molar-refractivity contribution is 6.01. The normalized spacial score (nSPS) is 11.0. The van der Waals surface area contributed by atoms with E-state index >= 15 is 0 Å². The lowest BCUT2D eigenvalue weighted by molar-refractivity contribution is 0.0954. The average molecular weight is 316 g/mol. The summed E-state index contributed by atoms with van der Waals surface area (Å²) in [4.78, 5) is 11.9. The highest BCUT2D eigenvalue weighted by Crippen LogP contribution is 2.27. The minimum atomic E-state index is -0.482. The summed E-state index contributed by atoms with van der Waals surface area (Å²) >= 11 is 0. The fourth-order valence-corrected chi connectivity index (χ4v) is 1.95. The Kier molecular flexibility index (Phi) is 5.30. The Bertz CT molecular complexity index is 744. The molecular weight excluding hydrogens is 299 g/mol. The van der Waals surface area contributed by atoms with Crippen LogP contribution in [0.15, 0.2) is 47.6 Å². The van der Waals surface area contributed by atoms with E-state index in [1.54, 1.807) is 39.3 Å². The molecule has 2 aromatic carbocycles. The summed E-state index contributed by atoms with van der Waals surface area (Å²) < 4.78 is 23.5. The molecule has 6 heteroatoms. The van der Waals surface area contributed by atoms with Gasteiger partial charge in [-0.1, -0.05) is 6.07 Å². The molecule has 5 nitrogen and oxygen atoms in total. The summed E-state index contributed by atoms with van der Waals surface area (Å²) in [6, 6.07) is 10.7. The smallest absolute Gasteiger partial charge is 0.271 e. The maximum Gasteiger partial charge on any atom is 0.271 e. The second-order valence-corrected chi connectivity index (χ2v) is 4.72. The van der Waals surface area contributed by atoms with Crippen molar-refractivity contribution in [3.05, 3.63) is 59.4 Å². The molecule has 0 aliphatic carbocycles. The summed E-state index contributed by atoms with van der Waals surface area (Å²) in [5.74, 6) is 0.214. The molecule has 23 heavy (non-hydrogen) atoms. The van der Waals surface area contributed by atoms with Crippen LogP contribution >= 0.6 is 0 Å². The maximum atomic E-state index is 13.1. The number of methoxy groups -OCH3 is 2. The zero-order chi connectivity index (χ0) is 16.8. The number of hydrogen-bond donors (Lipinski definition) is 1. The number of nitrogens with zero attached hydrogens (tertiary/aromatic N) is 1. The second-order valence-electron chi connectivity index (χ2n) is 4.72. The molecule has 0 saturated heterocycles. The van der Waals surface area contributed by atoms with E-state index in [1.807, 2.05) is 0 Å². The molecule has 0 atom stereocenters. The van der Waals surface area contributed by atoms with Crippen LogP contribution in [0.25, 0.3) is 0 Å². The van der Waals surface area contributed by atoms with Gasteiger partial charge in [0.05, 0.1) is 19.9 Å². The van der Waals surface area contributed by atoms with Crippen molar-refractivity contribution in [2.45, 2.75) is 6.92 Å². The van der Waals surface area contributed by atoms with Gasteiger partial charge >= 0.3 is 0 Å². The van der Waals surface area contributed by atoms with E-state index in [2.05, 4.69) is 10.5 Å². The first-order valence-corrected chi connectivity index (χ1v) is 6.87. The third-order valence-electron chi connectivity index (χ3n) is 3.21. The largest absolute Gasteiger partial charge is 0.493 e. The SMILES string of the molecule is COc1ccc(/C(C)=N/NC(=O)c2cccc(F)c2)cc1OC. The van der Waals surface area contributed by atoms with Crippen LogP contribution < -0.4 is 14.9 Å². The first-order chi connectivity index (χ1) is 11.0. The first-order valence-electron chi connectivity index (χ1n) is 6.87. The second kappa shape index (κ2) is 7.40. The third-order valence-corrected chi connectivity index (χ3v) is 3.21. The maximum absolute atomic E-state index is 13.1. The zero-order valence-corrected chi connectivity index (χ0v) is 13.1. The molecule has 0 radical (unpaired) electrons. The molecule has 1 N–H and O–H groups in total. The van der Waals surface area contributed by atoms with E-state index in [9.17, 15) is 9.18 Å². The van der Waals surface area contributed by atoms with Gasteiger partial charge in [0.1, 0.15) is 5.82 Å². The van der Waals surface area contributed by atoms with Crippen LogP contribution in [-0.4, -0.2) is 25.8 Å². The summed E-state index contributed by atoms with van der Waals surface area (Å²) in [6.07, 6.45) is 0. The summed E-state index contributed by atoms with van der Waals surface area (Å²) in [5.41, 5.74) is 3.95. The van der Waals surface area contributed by atoms with Gasteiger partial charge in [-0.2, -0.15) is 5.10 Å². The van der Waals surface area contributed by atoms with Gasteiger partial charge in [0.15, 0.2) is 11.5 Å². The Hall–Kier alpha value is -2.89. The predicted octanol–water partition coefficient (Wildman–Crippen LogP) is 3.00. The van der Waals surface area contributed by atoms with Crippen LogP contribution in [0.5, 0.6) is 11.5 Å². The van der Waals surface area contributed by atoms with Gasteiger partial charge in [-0.3, -0.25) is 4.79 Å². The average Bonchev–Trinajstić information content (AvgIpc) is 2.58. The molecule has 0 unspecified atom stereocenters. The molecule has 0 saturated carbocycles. The van der Waals surface area contributed by atoms with Crippen LogP contribution in [0.4, 0.5) is 4.39 Å². The third kappa shape index (κ3) is 4.06. The Labute approximate surface area is 133 Å².